The van der Waals surface area contributed by atoms with E-state index in [0.717, 1.165) is 19.4 Å². The van der Waals surface area contributed by atoms with Crippen molar-refractivity contribution in [2.24, 2.45) is 0 Å². The maximum Gasteiger partial charge on any atom is 0.516 e. The summed E-state index contributed by atoms with van der Waals surface area (Å²) in [6.07, 6.45) is 1.81. The van der Waals surface area contributed by atoms with E-state index in [4.69, 9.17) is 4.74 Å². The van der Waals surface area contributed by atoms with Crippen LogP contribution in [0.1, 0.15) is 40.0 Å². The highest BCUT2D eigenvalue weighted by Gasteiger charge is 2.26. The molecule has 0 radical (unpaired) electrons. The van der Waals surface area contributed by atoms with Crippen LogP contribution in [-0.4, -0.2) is 30.3 Å². The normalized spacial score (nSPS) is 21.3. The summed E-state index contributed by atoms with van der Waals surface area (Å²) in [6, 6.07) is -0.374. The van der Waals surface area contributed by atoms with E-state index in [1.54, 1.807) is 20.8 Å². The van der Waals surface area contributed by atoms with Crippen molar-refractivity contribution in [2.75, 3.05) is 6.54 Å². The van der Waals surface area contributed by atoms with E-state index in [-0.39, 0.29) is 6.04 Å². The van der Waals surface area contributed by atoms with E-state index in [9.17, 15) is 9.59 Å². The maximum absolute atomic E-state index is 11.5. The molecule has 1 fully saturated rings. The molecule has 1 aliphatic rings. The van der Waals surface area contributed by atoms with Gasteiger partial charge in [0.25, 0.3) is 0 Å². The Balaban J connectivity index is 2.35. The number of hydrogen-bond acceptors (Lipinski definition) is 5. The first-order valence-corrected chi connectivity index (χ1v) is 5.56. The van der Waals surface area contributed by atoms with Crippen LogP contribution in [0.4, 0.5) is 4.79 Å². The van der Waals surface area contributed by atoms with Gasteiger partial charge in [-0.25, -0.2) is 9.59 Å². The minimum atomic E-state index is -0.926. The van der Waals surface area contributed by atoms with Crippen molar-refractivity contribution >= 4 is 12.1 Å². The van der Waals surface area contributed by atoms with E-state index < -0.39 is 17.7 Å². The predicted octanol–water partition coefficient (Wildman–Crippen LogP) is 1.61. The average Bonchev–Trinajstić information content (AvgIpc) is 2.16. The number of hydrogen-bond donors (Lipinski definition) is 1. The fourth-order valence-electron chi connectivity index (χ4n) is 1.48. The van der Waals surface area contributed by atoms with Crippen LogP contribution in [0.5, 0.6) is 0 Å². The van der Waals surface area contributed by atoms with Gasteiger partial charge >= 0.3 is 12.1 Å². The minimum absolute atomic E-state index is 0.374. The molecule has 0 aliphatic carbocycles. The quantitative estimate of drug-likeness (QED) is 0.546. The standard InChI is InChI=1S/C11H19NO4/c1-11(2,3)16-10(14)15-9(13)8-6-4-5-7-12-8/h8,12H,4-7H2,1-3H3/t8-/m1/s1. The van der Waals surface area contributed by atoms with Crippen LogP contribution in [0.25, 0.3) is 0 Å². The second-order valence-electron chi connectivity index (χ2n) is 4.89. The Hall–Kier alpha value is -1.10. The third-order valence-electron chi connectivity index (χ3n) is 2.17. The van der Waals surface area contributed by atoms with Crippen LogP contribution in [0, 0.1) is 0 Å². The second kappa shape index (κ2) is 5.30. The van der Waals surface area contributed by atoms with Crippen LogP contribution < -0.4 is 5.32 Å². The van der Waals surface area contributed by atoms with Gasteiger partial charge in [0.2, 0.25) is 0 Å². The first kappa shape index (κ1) is 13.0. The fourth-order valence-corrected chi connectivity index (χ4v) is 1.48. The molecule has 0 saturated carbocycles. The highest BCUT2D eigenvalue weighted by Crippen LogP contribution is 2.11. The summed E-state index contributed by atoms with van der Waals surface area (Å²) >= 11 is 0. The van der Waals surface area contributed by atoms with Gasteiger partial charge in [0.1, 0.15) is 11.6 Å². The molecule has 1 aliphatic heterocycles. The monoisotopic (exact) mass is 229 g/mol. The molecule has 0 unspecified atom stereocenters. The van der Waals surface area contributed by atoms with E-state index in [1.807, 2.05) is 0 Å². The second-order valence-corrected chi connectivity index (χ2v) is 4.89. The minimum Gasteiger partial charge on any atom is -0.428 e. The van der Waals surface area contributed by atoms with Gasteiger partial charge in [0, 0.05) is 0 Å². The lowest BCUT2D eigenvalue weighted by Crippen LogP contribution is -2.42. The van der Waals surface area contributed by atoms with Gasteiger partial charge in [-0.15, -0.1) is 0 Å². The van der Waals surface area contributed by atoms with Gasteiger partial charge in [0.15, 0.2) is 0 Å². The van der Waals surface area contributed by atoms with Crippen molar-refractivity contribution in [1.29, 1.82) is 0 Å². The molecule has 0 aromatic carbocycles. The SMILES string of the molecule is CC(C)(C)OC(=O)OC(=O)[C@H]1CCCCN1. The van der Waals surface area contributed by atoms with Crippen molar-refractivity contribution < 1.29 is 19.1 Å². The molecule has 16 heavy (non-hydrogen) atoms. The van der Waals surface area contributed by atoms with Crippen LogP contribution in [0.3, 0.4) is 0 Å². The Morgan fingerprint density at radius 2 is 1.94 bits per heavy atom. The maximum atomic E-state index is 11.5. The Labute approximate surface area is 95.5 Å². The summed E-state index contributed by atoms with van der Waals surface area (Å²) in [4.78, 5) is 22.7. The first-order valence-electron chi connectivity index (χ1n) is 5.56. The van der Waals surface area contributed by atoms with Crippen molar-refractivity contribution in [2.45, 2.75) is 51.7 Å². The molecule has 0 aromatic heterocycles. The van der Waals surface area contributed by atoms with Crippen LogP contribution in [-0.2, 0) is 14.3 Å². The van der Waals surface area contributed by atoms with E-state index in [0.29, 0.717) is 6.42 Å². The van der Waals surface area contributed by atoms with Crippen LogP contribution in [0.2, 0.25) is 0 Å². The summed E-state index contributed by atoms with van der Waals surface area (Å²) in [5, 5.41) is 3.00. The third-order valence-corrected chi connectivity index (χ3v) is 2.17. The third kappa shape index (κ3) is 4.61. The smallest absolute Gasteiger partial charge is 0.428 e. The number of ether oxygens (including phenoxy) is 2. The van der Waals surface area contributed by atoms with E-state index in [1.165, 1.54) is 0 Å². The molecule has 1 rings (SSSR count). The number of esters is 1. The Morgan fingerprint density at radius 3 is 2.44 bits per heavy atom. The van der Waals surface area contributed by atoms with Gasteiger partial charge in [0.05, 0.1) is 0 Å². The topological polar surface area (TPSA) is 64.6 Å². The van der Waals surface area contributed by atoms with E-state index in [2.05, 4.69) is 10.1 Å². The summed E-state index contributed by atoms with van der Waals surface area (Å²) in [5.74, 6) is -0.547. The predicted molar refractivity (Wildman–Crippen MR) is 58.0 cm³/mol. The molecule has 1 saturated heterocycles. The molecular formula is C11H19NO4. The molecule has 1 N–H and O–H groups in total. The molecule has 92 valence electrons. The molecule has 0 bridgehead atoms. The zero-order chi connectivity index (χ0) is 12.2. The van der Waals surface area contributed by atoms with Crippen molar-refractivity contribution in [3.05, 3.63) is 0 Å². The molecule has 0 spiro atoms. The molecule has 1 heterocycles. The molecule has 0 aromatic rings. The highest BCUT2D eigenvalue weighted by atomic mass is 16.7. The molecule has 5 nitrogen and oxygen atoms in total. The molecule has 0 amide bonds. The lowest BCUT2D eigenvalue weighted by atomic mass is 10.1. The number of carbonyl (C=O) groups is 2. The largest absolute Gasteiger partial charge is 0.516 e. The number of carbonyl (C=O) groups excluding carboxylic acids is 2. The molecule has 5 heteroatoms. The van der Waals surface area contributed by atoms with Gasteiger partial charge in [-0.2, -0.15) is 0 Å². The number of nitrogens with one attached hydrogen (secondary N) is 1. The molecular weight excluding hydrogens is 210 g/mol. The summed E-state index contributed by atoms with van der Waals surface area (Å²) < 4.78 is 9.49. The average molecular weight is 229 g/mol. The lowest BCUT2D eigenvalue weighted by molar-refractivity contribution is -0.144. The zero-order valence-electron chi connectivity index (χ0n) is 10.0. The van der Waals surface area contributed by atoms with E-state index >= 15 is 0 Å². The Bertz CT molecular complexity index is 264. The Morgan fingerprint density at radius 1 is 1.25 bits per heavy atom. The molecule has 1 atom stereocenters. The summed E-state index contributed by atoms with van der Waals surface area (Å²) in [5.41, 5.74) is -0.642. The highest BCUT2D eigenvalue weighted by molar-refractivity contribution is 5.85. The van der Waals surface area contributed by atoms with Gasteiger partial charge in [-0.1, -0.05) is 6.42 Å². The summed E-state index contributed by atoms with van der Waals surface area (Å²) in [7, 11) is 0. The zero-order valence-corrected chi connectivity index (χ0v) is 10.0. The van der Waals surface area contributed by atoms with Crippen molar-refractivity contribution in [3.63, 3.8) is 0 Å². The first-order chi connectivity index (χ1) is 7.38. The van der Waals surface area contributed by atoms with Gasteiger partial charge < -0.3 is 14.8 Å². The lowest BCUT2D eigenvalue weighted by Gasteiger charge is -2.22. The van der Waals surface area contributed by atoms with Crippen molar-refractivity contribution in [1.82, 2.24) is 5.32 Å². The Kier molecular flexibility index (Phi) is 4.29. The van der Waals surface area contributed by atoms with Crippen LogP contribution >= 0.6 is 0 Å². The van der Waals surface area contributed by atoms with Gasteiger partial charge in [-0.05, 0) is 40.2 Å². The number of piperidine rings is 1. The summed E-state index contributed by atoms with van der Waals surface area (Å²) in [6.45, 7) is 5.95. The van der Waals surface area contributed by atoms with Crippen LogP contribution in [0.15, 0.2) is 0 Å². The fraction of sp³-hybridized carbons (Fsp3) is 0.818. The number of rotatable bonds is 1. The van der Waals surface area contributed by atoms with Gasteiger partial charge in [-0.3, -0.25) is 0 Å². The van der Waals surface area contributed by atoms with Crippen molar-refractivity contribution in [3.8, 4) is 0 Å².